The minimum atomic E-state index is -1.69. The molecule has 0 aromatic carbocycles. The van der Waals surface area contributed by atoms with E-state index in [0.717, 1.165) is 0 Å². The van der Waals surface area contributed by atoms with Gasteiger partial charge < -0.3 is 38.8 Å². The third-order valence-corrected chi connectivity index (χ3v) is 5.56. The Balaban J connectivity index is 1.81. The van der Waals surface area contributed by atoms with Crippen molar-refractivity contribution < 1.29 is 33.3 Å². The lowest BCUT2D eigenvalue weighted by Gasteiger charge is -2.31. The highest BCUT2D eigenvalue weighted by Gasteiger charge is 2.55. The average Bonchev–Trinajstić information content (AvgIpc) is 3.41. The zero-order chi connectivity index (χ0) is 23.2. The lowest BCUT2D eigenvalue weighted by atomic mass is 9.82. The first-order valence-electron chi connectivity index (χ1n) is 9.25. The van der Waals surface area contributed by atoms with E-state index in [1.807, 2.05) is 0 Å². The van der Waals surface area contributed by atoms with E-state index in [0.29, 0.717) is 11.0 Å². The second kappa shape index (κ2) is 7.86. The first-order valence-corrected chi connectivity index (χ1v) is 9.63. The standard InChI is InChI=1S/C19H17ClN4O8/c1-3-19(7-25)10(13(30-17(26)27)12-8(2)29-18(28)31-12)6-11(32-19)24-5-4-9-14(21)22-16(20)23-15(9)24/h1,4-5,10-11,13,25H,6-7H2,2H3,(H,26,27)(H2,21,22,23)/t10-,11+,13?,19+/m0/s1. The smallest absolute Gasteiger partial charge is 0.450 e. The normalized spacial score (nSPS) is 23.8. The summed E-state index contributed by atoms with van der Waals surface area (Å²) in [6.45, 7) is 0.728. The number of ether oxygens (including phenoxy) is 2. The summed E-state index contributed by atoms with van der Waals surface area (Å²) in [7, 11) is 0. The molecule has 4 N–H and O–H groups in total. The van der Waals surface area contributed by atoms with Crippen molar-refractivity contribution in [1.29, 1.82) is 0 Å². The summed E-state index contributed by atoms with van der Waals surface area (Å²) in [4.78, 5) is 31.1. The van der Waals surface area contributed by atoms with Crippen molar-refractivity contribution in [3.8, 4) is 12.3 Å². The van der Waals surface area contributed by atoms with E-state index in [-0.39, 0.29) is 29.0 Å². The van der Waals surface area contributed by atoms with Crippen LogP contribution >= 0.6 is 11.6 Å². The van der Waals surface area contributed by atoms with E-state index in [9.17, 15) is 19.8 Å². The van der Waals surface area contributed by atoms with Gasteiger partial charge in [-0.1, -0.05) is 5.92 Å². The van der Waals surface area contributed by atoms with Gasteiger partial charge in [0.1, 0.15) is 17.7 Å². The highest BCUT2D eigenvalue weighted by atomic mass is 35.5. The molecule has 0 saturated carbocycles. The summed E-state index contributed by atoms with van der Waals surface area (Å²) in [5.74, 6) is 0.375. The van der Waals surface area contributed by atoms with Gasteiger partial charge in [-0.25, -0.2) is 14.6 Å². The molecule has 3 aromatic heterocycles. The number of nitrogen functional groups attached to an aromatic ring is 1. The molecule has 13 heteroatoms. The van der Waals surface area contributed by atoms with Gasteiger partial charge in [-0.3, -0.25) is 0 Å². The Kier molecular flexibility index (Phi) is 5.33. The van der Waals surface area contributed by atoms with Crippen molar-refractivity contribution in [2.24, 2.45) is 5.92 Å². The SMILES string of the molecule is C#C[C@]1(CO)O[C@@H](n2ccc3c(N)nc(Cl)nc32)C[C@H]1C(OC(=O)O)c1oc(=O)oc1C. The van der Waals surface area contributed by atoms with E-state index >= 15 is 0 Å². The van der Waals surface area contributed by atoms with E-state index < -0.39 is 42.4 Å². The lowest BCUT2D eigenvalue weighted by molar-refractivity contribution is -0.0949. The summed E-state index contributed by atoms with van der Waals surface area (Å²) in [6, 6.07) is 1.65. The molecule has 3 aromatic rings. The van der Waals surface area contributed by atoms with Gasteiger partial charge in [0.2, 0.25) is 5.28 Å². The molecule has 0 spiro atoms. The molecule has 12 nitrogen and oxygen atoms in total. The summed E-state index contributed by atoms with van der Waals surface area (Å²) < 4.78 is 22.5. The third kappa shape index (κ3) is 3.46. The van der Waals surface area contributed by atoms with Crippen LogP contribution in [0.15, 0.2) is 25.9 Å². The lowest BCUT2D eigenvalue weighted by Crippen LogP contribution is -2.42. The van der Waals surface area contributed by atoms with Crippen LogP contribution in [0, 0.1) is 25.2 Å². The Morgan fingerprint density at radius 2 is 2.28 bits per heavy atom. The van der Waals surface area contributed by atoms with Crippen molar-refractivity contribution in [3.63, 3.8) is 0 Å². The number of nitrogens with two attached hydrogens (primary N) is 1. The summed E-state index contributed by atoms with van der Waals surface area (Å²) >= 11 is 5.94. The molecule has 1 aliphatic rings. The molecule has 4 atom stereocenters. The maximum Gasteiger partial charge on any atom is 0.519 e. The second-order valence-electron chi connectivity index (χ2n) is 7.12. The van der Waals surface area contributed by atoms with Crippen molar-refractivity contribution in [1.82, 2.24) is 14.5 Å². The molecule has 168 valence electrons. The van der Waals surface area contributed by atoms with Crippen LogP contribution in [0.25, 0.3) is 11.0 Å². The first kappa shape index (κ1) is 21.7. The van der Waals surface area contributed by atoms with Crippen LogP contribution in [-0.2, 0) is 9.47 Å². The quantitative estimate of drug-likeness (QED) is 0.285. The van der Waals surface area contributed by atoms with Gasteiger partial charge in [0.05, 0.1) is 17.9 Å². The van der Waals surface area contributed by atoms with Crippen LogP contribution in [0.3, 0.4) is 0 Å². The molecule has 1 aliphatic heterocycles. The largest absolute Gasteiger partial charge is 0.519 e. The van der Waals surface area contributed by atoms with Gasteiger partial charge in [-0.2, -0.15) is 4.98 Å². The zero-order valence-corrected chi connectivity index (χ0v) is 17.3. The van der Waals surface area contributed by atoms with E-state index in [1.165, 1.54) is 6.92 Å². The Bertz CT molecular complexity index is 1290. The predicted molar refractivity (Wildman–Crippen MR) is 108 cm³/mol. The van der Waals surface area contributed by atoms with Gasteiger partial charge in [-0.05, 0) is 24.6 Å². The topological polar surface area (TPSA) is 176 Å². The number of carbonyl (C=O) groups is 1. The molecule has 1 unspecified atom stereocenters. The van der Waals surface area contributed by atoms with Crippen LogP contribution in [0.2, 0.25) is 5.28 Å². The first-order chi connectivity index (χ1) is 15.2. The number of fused-ring (bicyclic) bond motifs is 1. The predicted octanol–water partition coefficient (Wildman–Crippen LogP) is 1.86. The Hall–Kier alpha value is -3.53. The number of aliphatic hydroxyl groups excluding tert-OH is 1. The van der Waals surface area contributed by atoms with Gasteiger partial charge >= 0.3 is 12.0 Å². The molecule has 32 heavy (non-hydrogen) atoms. The van der Waals surface area contributed by atoms with Crippen LogP contribution in [0.5, 0.6) is 0 Å². The summed E-state index contributed by atoms with van der Waals surface area (Å²) in [5.41, 5.74) is 4.56. The molecule has 1 saturated heterocycles. The average molecular weight is 465 g/mol. The molecule has 1 fully saturated rings. The third-order valence-electron chi connectivity index (χ3n) is 5.39. The van der Waals surface area contributed by atoms with Gasteiger partial charge in [0.15, 0.2) is 23.2 Å². The minimum Gasteiger partial charge on any atom is -0.450 e. The number of hydrogen-bond acceptors (Lipinski definition) is 10. The Morgan fingerprint density at radius 1 is 1.53 bits per heavy atom. The molecule has 0 bridgehead atoms. The van der Waals surface area contributed by atoms with Crippen LogP contribution in [-0.4, -0.2) is 43.1 Å². The van der Waals surface area contributed by atoms with E-state index in [2.05, 4.69) is 15.9 Å². The van der Waals surface area contributed by atoms with Crippen molar-refractivity contribution in [2.75, 3.05) is 12.3 Å². The Labute approximate surface area is 184 Å². The van der Waals surface area contributed by atoms with Gasteiger partial charge in [-0.15, -0.1) is 6.42 Å². The number of nitrogens with zero attached hydrogens (tertiary/aromatic N) is 3. The molecular formula is C19H17ClN4O8. The molecule has 0 aliphatic carbocycles. The molecule has 4 rings (SSSR count). The molecule has 0 radical (unpaired) electrons. The number of aliphatic hydroxyl groups is 1. The number of terminal acetylenes is 1. The highest BCUT2D eigenvalue weighted by Crippen LogP contribution is 2.49. The Morgan fingerprint density at radius 3 is 2.88 bits per heavy atom. The van der Waals surface area contributed by atoms with Crippen LogP contribution in [0.4, 0.5) is 10.6 Å². The number of aryl methyl sites for hydroxylation is 1. The molecule has 4 heterocycles. The van der Waals surface area contributed by atoms with E-state index in [1.54, 1.807) is 16.8 Å². The fourth-order valence-electron chi connectivity index (χ4n) is 3.97. The maximum absolute atomic E-state index is 11.6. The number of carboxylic acid groups (broad SMARTS) is 1. The number of rotatable bonds is 5. The van der Waals surface area contributed by atoms with Crippen LogP contribution in [0.1, 0.15) is 30.3 Å². The van der Waals surface area contributed by atoms with Crippen molar-refractivity contribution in [2.45, 2.75) is 31.3 Å². The monoisotopic (exact) mass is 464 g/mol. The van der Waals surface area contributed by atoms with Crippen LogP contribution < -0.4 is 11.6 Å². The fourth-order valence-corrected chi connectivity index (χ4v) is 4.14. The fraction of sp³-hybridized carbons (Fsp3) is 0.368. The minimum absolute atomic E-state index is 0.00673. The number of hydrogen-bond donors (Lipinski definition) is 3. The number of aromatic nitrogens is 3. The van der Waals surface area contributed by atoms with E-state index in [4.69, 9.17) is 42.1 Å². The molecule has 0 amide bonds. The van der Waals surface area contributed by atoms with Crippen molar-refractivity contribution >= 4 is 34.6 Å². The zero-order valence-electron chi connectivity index (χ0n) is 16.5. The maximum atomic E-state index is 11.6. The summed E-state index contributed by atoms with van der Waals surface area (Å²) in [5, 5.41) is 19.9. The van der Waals surface area contributed by atoms with Crippen molar-refractivity contribution in [3.05, 3.63) is 39.7 Å². The van der Waals surface area contributed by atoms with Gasteiger partial charge in [0, 0.05) is 12.6 Å². The number of halogens is 1. The van der Waals surface area contributed by atoms with Gasteiger partial charge in [0.25, 0.3) is 0 Å². The highest BCUT2D eigenvalue weighted by molar-refractivity contribution is 6.28. The number of anilines is 1. The second-order valence-corrected chi connectivity index (χ2v) is 7.46. The summed E-state index contributed by atoms with van der Waals surface area (Å²) in [6.07, 6.45) is 3.49. The molecular weight excluding hydrogens is 448 g/mol.